The Morgan fingerprint density at radius 3 is 2.77 bits per heavy atom. The van der Waals surface area contributed by atoms with Crippen LogP contribution in [0.3, 0.4) is 0 Å². The molecule has 1 aromatic carbocycles. The van der Waals surface area contributed by atoms with Gasteiger partial charge in [0.05, 0.1) is 13.2 Å². The van der Waals surface area contributed by atoms with Gasteiger partial charge in [0, 0.05) is 0 Å². The summed E-state index contributed by atoms with van der Waals surface area (Å²) >= 11 is 0. The zero-order valence-electron chi connectivity index (χ0n) is 7.70. The number of allylic oxidation sites excluding steroid dienone is 1. The highest BCUT2D eigenvalue weighted by molar-refractivity contribution is 5.27. The highest BCUT2D eigenvalue weighted by Crippen LogP contribution is 2.13. The Morgan fingerprint density at radius 1 is 1.00 bits per heavy atom. The van der Waals surface area contributed by atoms with Crippen molar-refractivity contribution in [3.8, 4) is 0 Å². The van der Waals surface area contributed by atoms with Crippen molar-refractivity contribution in [1.82, 2.24) is 0 Å². The van der Waals surface area contributed by atoms with Gasteiger partial charge in [0.2, 0.25) is 0 Å². The van der Waals surface area contributed by atoms with Crippen LogP contribution in [0.25, 0.3) is 0 Å². The minimum absolute atomic E-state index is 0.744. The van der Waals surface area contributed by atoms with Crippen LogP contribution in [0.2, 0.25) is 0 Å². The van der Waals surface area contributed by atoms with Crippen LogP contribution in [-0.2, 0) is 17.8 Å². The van der Waals surface area contributed by atoms with Gasteiger partial charge in [0.1, 0.15) is 0 Å². The van der Waals surface area contributed by atoms with Crippen LogP contribution in [0.1, 0.15) is 17.5 Å². The quantitative estimate of drug-likeness (QED) is 0.549. The van der Waals surface area contributed by atoms with Gasteiger partial charge in [-0.1, -0.05) is 36.4 Å². The average Bonchev–Trinajstić information content (AvgIpc) is 2.28. The molecule has 0 amide bonds. The van der Waals surface area contributed by atoms with Gasteiger partial charge in [0.15, 0.2) is 0 Å². The van der Waals surface area contributed by atoms with Crippen molar-refractivity contribution in [2.24, 2.45) is 0 Å². The Hall–Kier alpha value is -1.08. The Morgan fingerprint density at radius 2 is 1.85 bits per heavy atom. The van der Waals surface area contributed by atoms with E-state index in [-0.39, 0.29) is 0 Å². The molecule has 0 N–H and O–H groups in total. The van der Waals surface area contributed by atoms with Gasteiger partial charge in [-0.25, -0.2) is 0 Å². The molecule has 0 aromatic heterocycles. The van der Waals surface area contributed by atoms with Crippen molar-refractivity contribution in [3.63, 3.8) is 0 Å². The van der Waals surface area contributed by atoms with Crippen LogP contribution in [0.15, 0.2) is 36.4 Å². The van der Waals surface area contributed by atoms with E-state index in [1.54, 1.807) is 0 Å². The van der Waals surface area contributed by atoms with Gasteiger partial charge < -0.3 is 4.74 Å². The topological polar surface area (TPSA) is 9.23 Å². The summed E-state index contributed by atoms with van der Waals surface area (Å²) < 4.78 is 5.49. The van der Waals surface area contributed by atoms with Crippen molar-refractivity contribution in [2.45, 2.75) is 19.4 Å². The molecule has 1 heterocycles. The van der Waals surface area contributed by atoms with Crippen molar-refractivity contribution >= 4 is 0 Å². The smallest absolute Gasteiger partial charge is 0.0723 e. The minimum Gasteiger partial charge on any atom is -0.373 e. The van der Waals surface area contributed by atoms with E-state index in [1.807, 2.05) is 0 Å². The third-order valence-corrected chi connectivity index (χ3v) is 2.34. The molecular weight excluding hydrogens is 160 g/mol. The zero-order chi connectivity index (χ0) is 8.93. The third kappa shape index (κ3) is 2.19. The molecule has 0 saturated carbocycles. The van der Waals surface area contributed by atoms with Gasteiger partial charge in [0.25, 0.3) is 0 Å². The fourth-order valence-electron chi connectivity index (χ4n) is 1.60. The maximum atomic E-state index is 5.49. The monoisotopic (exact) mass is 174 g/mol. The molecule has 0 fully saturated rings. The lowest BCUT2D eigenvalue weighted by Crippen LogP contribution is -1.96. The van der Waals surface area contributed by atoms with Gasteiger partial charge in [-0.15, -0.1) is 0 Å². The van der Waals surface area contributed by atoms with Crippen LogP contribution in [-0.4, -0.2) is 6.61 Å². The molecule has 0 aliphatic carbocycles. The first kappa shape index (κ1) is 8.52. The Balaban J connectivity index is 2.22. The number of hydrogen-bond donors (Lipinski definition) is 0. The third-order valence-electron chi connectivity index (χ3n) is 2.34. The van der Waals surface area contributed by atoms with Gasteiger partial charge in [-0.3, -0.25) is 0 Å². The molecule has 1 aromatic rings. The molecule has 1 heteroatoms. The van der Waals surface area contributed by atoms with Crippen molar-refractivity contribution < 1.29 is 4.74 Å². The van der Waals surface area contributed by atoms with Crippen LogP contribution >= 0.6 is 0 Å². The van der Waals surface area contributed by atoms with Crippen LogP contribution in [0.4, 0.5) is 0 Å². The first-order valence-electron chi connectivity index (χ1n) is 4.76. The molecule has 1 aliphatic rings. The Labute approximate surface area is 79.0 Å². The summed E-state index contributed by atoms with van der Waals surface area (Å²) in [7, 11) is 0. The van der Waals surface area contributed by atoms with E-state index < -0.39 is 0 Å². The lowest BCUT2D eigenvalue weighted by atomic mass is 10.0. The summed E-state index contributed by atoms with van der Waals surface area (Å²) in [4.78, 5) is 0. The van der Waals surface area contributed by atoms with E-state index in [0.29, 0.717) is 0 Å². The molecule has 2 rings (SSSR count). The van der Waals surface area contributed by atoms with E-state index in [4.69, 9.17) is 4.74 Å². The highest BCUT2D eigenvalue weighted by atomic mass is 16.5. The number of aryl methyl sites for hydroxylation is 1. The summed E-state index contributed by atoms with van der Waals surface area (Å²) in [6.45, 7) is 1.49. The number of benzene rings is 1. The molecule has 0 spiro atoms. The maximum Gasteiger partial charge on any atom is 0.0723 e. The average molecular weight is 174 g/mol. The lowest BCUT2D eigenvalue weighted by Gasteiger charge is -2.06. The van der Waals surface area contributed by atoms with Crippen molar-refractivity contribution in [1.29, 1.82) is 0 Å². The second-order valence-corrected chi connectivity index (χ2v) is 3.29. The molecule has 0 atom stereocenters. The largest absolute Gasteiger partial charge is 0.373 e. The lowest BCUT2D eigenvalue weighted by molar-refractivity contribution is 0.148. The number of ether oxygens (including phenoxy) is 1. The predicted molar refractivity (Wildman–Crippen MR) is 53.6 cm³/mol. The summed E-state index contributed by atoms with van der Waals surface area (Å²) in [6, 6.07) is 8.52. The summed E-state index contributed by atoms with van der Waals surface area (Å²) in [5.41, 5.74) is 2.76. The van der Waals surface area contributed by atoms with E-state index >= 15 is 0 Å². The highest BCUT2D eigenvalue weighted by Gasteiger charge is 2.01. The summed E-state index contributed by atoms with van der Waals surface area (Å²) in [5.74, 6) is 0. The first-order chi connectivity index (χ1) is 6.47. The van der Waals surface area contributed by atoms with E-state index in [2.05, 4.69) is 36.4 Å². The summed E-state index contributed by atoms with van der Waals surface area (Å²) in [6.07, 6.45) is 6.56. The molecule has 1 nitrogen and oxygen atoms in total. The first-order valence-corrected chi connectivity index (χ1v) is 4.76. The normalized spacial score (nSPS) is 19.4. The molecule has 0 saturated heterocycles. The van der Waals surface area contributed by atoms with Crippen LogP contribution in [0.5, 0.6) is 0 Å². The molecule has 0 bridgehead atoms. The van der Waals surface area contributed by atoms with Crippen LogP contribution < -0.4 is 0 Å². The second-order valence-electron chi connectivity index (χ2n) is 3.29. The number of hydrogen-bond acceptors (Lipinski definition) is 1. The number of rotatable bonds is 0. The van der Waals surface area contributed by atoms with E-state index in [1.165, 1.54) is 11.1 Å². The molecule has 0 radical (unpaired) electrons. The maximum absolute atomic E-state index is 5.49. The predicted octanol–water partition coefficient (Wildman–Crippen LogP) is 2.71. The number of fused-ring (bicyclic) bond motifs is 1. The Bertz CT molecular complexity index is 302. The van der Waals surface area contributed by atoms with Crippen molar-refractivity contribution in [3.05, 3.63) is 47.5 Å². The molecule has 0 unspecified atom stereocenters. The SMILES string of the molecule is C1=C/COCc2ccccc2CC/1. The van der Waals surface area contributed by atoms with Crippen molar-refractivity contribution in [2.75, 3.05) is 6.61 Å². The molecular formula is C12H14O. The molecule has 68 valence electrons. The van der Waals surface area contributed by atoms with Gasteiger partial charge in [-0.05, 0) is 24.0 Å². The van der Waals surface area contributed by atoms with E-state index in [0.717, 1.165) is 26.1 Å². The fraction of sp³-hybridized carbons (Fsp3) is 0.333. The van der Waals surface area contributed by atoms with Gasteiger partial charge in [-0.2, -0.15) is 0 Å². The Kier molecular flexibility index (Phi) is 2.78. The summed E-state index contributed by atoms with van der Waals surface area (Å²) in [5, 5.41) is 0. The standard InChI is InChI=1S/C12H14O/c1-2-6-11-7-3-4-8-12(11)10-13-9-5-1/h1,3-5,7-8H,2,6,9-10H2/b5-1+. The minimum atomic E-state index is 0.744. The zero-order valence-corrected chi connectivity index (χ0v) is 7.70. The molecule has 13 heavy (non-hydrogen) atoms. The fourth-order valence-corrected chi connectivity index (χ4v) is 1.60. The van der Waals surface area contributed by atoms with Crippen LogP contribution in [0, 0.1) is 0 Å². The second kappa shape index (κ2) is 4.24. The van der Waals surface area contributed by atoms with Gasteiger partial charge >= 0.3 is 0 Å². The molecule has 1 aliphatic heterocycles. The van der Waals surface area contributed by atoms with E-state index in [9.17, 15) is 0 Å².